The van der Waals surface area contributed by atoms with Crippen molar-refractivity contribution in [3.05, 3.63) is 57.8 Å². The van der Waals surface area contributed by atoms with Gasteiger partial charge in [-0.05, 0) is 30.3 Å². The average molecular weight is 368 g/mol. The zero-order valence-electron chi connectivity index (χ0n) is 12.2. The number of methoxy groups -OCH3 is 2. The summed E-state index contributed by atoms with van der Waals surface area (Å²) in [6.07, 6.45) is 0. The minimum absolute atomic E-state index is 0.0826. The zero-order chi connectivity index (χ0) is 16.1. The van der Waals surface area contributed by atoms with Gasteiger partial charge in [0, 0.05) is 22.6 Å². The lowest BCUT2D eigenvalue weighted by molar-refractivity contribution is 0.0947. The van der Waals surface area contributed by atoms with Crippen LogP contribution < -0.4 is 14.8 Å². The molecule has 1 amide bonds. The smallest absolute Gasteiger partial charge is 0.255 e. The Hall–Kier alpha value is -2.08. The van der Waals surface area contributed by atoms with Gasteiger partial charge in [0.25, 0.3) is 5.91 Å². The quantitative estimate of drug-likeness (QED) is 0.879. The van der Waals surface area contributed by atoms with Crippen molar-refractivity contribution in [2.45, 2.75) is 6.54 Å². The molecule has 4 nitrogen and oxygen atoms in total. The van der Waals surface area contributed by atoms with Crippen molar-refractivity contribution in [3.8, 4) is 11.5 Å². The van der Waals surface area contributed by atoms with E-state index in [1.54, 1.807) is 30.3 Å². The molecule has 0 spiro atoms. The van der Waals surface area contributed by atoms with Crippen LogP contribution in [0.1, 0.15) is 15.9 Å². The molecule has 0 heterocycles. The number of carbonyl (C=O) groups excluding carboxylic acids is 1. The topological polar surface area (TPSA) is 47.6 Å². The van der Waals surface area contributed by atoms with E-state index in [1.807, 2.05) is 0 Å². The second kappa shape index (κ2) is 7.26. The summed E-state index contributed by atoms with van der Waals surface area (Å²) >= 11 is 3.27. The lowest BCUT2D eigenvalue weighted by atomic mass is 10.1. The SMILES string of the molecule is COc1ccc(C(=O)NCc2cc(Br)ccc2F)c(OC)c1. The minimum atomic E-state index is -0.370. The van der Waals surface area contributed by atoms with Gasteiger partial charge in [-0.3, -0.25) is 4.79 Å². The summed E-state index contributed by atoms with van der Waals surface area (Å²) in [5.74, 6) is 0.266. The van der Waals surface area contributed by atoms with Gasteiger partial charge in [-0.25, -0.2) is 4.39 Å². The molecule has 22 heavy (non-hydrogen) atoms. The molecule has 0 aliphatic rings. The number of nitrogens with one attached hydrogen (secondary N) is 1. The Morgan fingerprint density at radius 2 is 1.95 bits per heavy atom. The summed E-state index contributed by atoms with van der Waals surface area (Å²) in [5.41, 5.74) is 0.758. The molecule has 0 aliphatic carbocycles. The molecule has 0 saturated carbocycles. The first-order valence-corrected chi connectivity index (χ1v) is 7.28. The summed E-state index contributed by atoms with van der Waals surface area (Å²) in [7, 11) is 3.00. The molecule has 6 heteroatoms. The number of hydrogen-bond acceptors (Lipinski definition) is 3. The van der Waals surface area contributed by atoms with Crippen LogP contribution in [0, 0.1) is 5.82 Å². The molecule has 0 unspecified atom stereocenters. The van der Waals surface area contributed by atoms with Crippen LogP contribution in [0.2, 0.25) is 0 Å². The van der Waals surface area contributed by atoms with E-state index in [-0.39, 0.29) is 18.3 Å². The van der Waals surface area contributed by atoms with Gasteiger partial charge in [-0.15, -0.1) is 0 Å². The Morgan fingerprint density at radius 3 is 2.64 bits per heavy atom. The zero-order valence-corrected chi connectivity index (χ0v) is 13.7. The standard InChI is InChI=1S/C16H15BrFNO3/c1-21-12-4-5-13(15(8-12)22-2)16(20)19-9-10-7-11(17)3-6-14(10)18/h3-8H,9H2,1-2H3,(H,19,20). The summed E-state index contributed by atoms with van der Waals surface area (Å²) in [5, 5.41) is 2.67. The molecule has 0 fully saturated rings. The Bertz CT molecular complexity index is 691. The fraction of sp³-hybridized carbons (Fsp3) is 0.188. The lowest BCUT2D eigenvalue weighted by Crippen LogP contribution is -2.23. The summed E-state index contributed by atoms with van der Waals surface area (Å²) < 4.78 is 24.7. The number of ether oxygens (including phenoxy) is 2. The first-order valence-electron chi connectivity index (χ1n) is 6.49. The number of halogens is 2. The van der Waals surface area contributed by atoms with Crippen LogP contribution in [0.15, 0.2) is 40.9 Å². The molecule has 2 aromatic rings. The van der Waals surface area contributed by atoms with Gasteiger partial charge in [0.05, 0.1) is 19.8 Å². The van der Waals surface area contributed by atoms with Crippen molar-refractivity contribution in [3.63, 3.8) is 0 Å². The molecule has 1 N–H and O–H groups in total. The van der Waals surface area contributed by atoms with E-state index < -0.39 is 0 Å². The molecule has 0 atom stereocenters. The third-order valence-electron chi connectivity index (χ3n) is 3.10. The highest BCUT2D eigenvalue weighted by Crippen LogP contribution is 2.24. The van der Waals surface area contributed by atoms with Crippen LogP contribution in [-0.4, -0.2) is 20.1 Å². The second-order valence-electron chi connectivity index (χ2n) is 4.48. The Balaban J connectivity index is 2.14. The van der Waals surface area contributed by atoms with E-state index in [0.717, 1.165) is 4.47 Å². The maximum atomic E-state index is 13.7. The normalized spacial score (nSPS) is 10.2. The van der Waals surface area contributed by atoms with E-state index in [1.165, 1.54) is 20.3 Å². The third kappa shape index (κ3) is 3.76. The number of carbonyl (C=O) groups is 1. The van der Waals surface area contributed by atoms with E-state index in [0.29, 0.717) is 22.6 Å². The molecular weight excluding hydrogens is 353 g/mol. The molecule has 0 saturated heterocycles. The van der Waals surface area contributed by atoms with Crippen LogP contribution in [0.4, 0.5) is 4.39 Å². The van der Waals surface area contributed by atoms with Crippen LogP contribution in [0.3, 0.4) is 0 Å². The largest absolute Gasteiger partial charge is 0.497 e. The second-order valence-corrected chi connectivity index (χ2v) is 5.40. The van der Waals surface area contributed by atoms with E-state index in [4.69, 9.17) is 9.47 Å². The van der Waals surface area contributed by atoms with E-state index in [2.05, 4.69) is 21.2 Å². The number of benzene rings is 2. The summed E-state index contributed by atoms with van der Waals surface area (Å²) in [6.45, 7) is 0.0826. The van der Waals surface area contributed by atoms with Crippen LogP contribution in [0.25, 0.3) is 0 Å². The third-order valence-corrected chi connectivity index (χ3v) is 3.59. The van der Waals surface area contributed by atoms with Gasteiger partial charge in [0.2, 0.25) is 0 Å². The molecule has 2 rings (SSSR count). The monoisotopic (exact) mass is 367 g/mol. The van der Waals surface area contributed by atoms with Gasteiger partial charge < -0.3 is 14.8 Å². The highest BCUT2D eigenvalue weighted by atomic mass is 79.9. The first-order chi connectivity index (χ1) is 10.5. The fourth-order valence-electron chi connectivity index (χ4n) is 1.94. The number of amides is 1. The average Bonchev–Trinajstić information content (AvgIpc) is 2.54. The fourth-order valence-corrected chi connectivity index (χ4v) is 2.34. The van der Waals surface area contributed by atoms with Crippen molar-refractivity contribution < 1.29 is 18.7 Å². The summed E-state index contributed by atoms with van der Waals surface area (Å²) in [4.78, 5) is 12.2. The van der Waals surface area contributed by atoms with Crippen molar-refractivity contribution in [1.82, 2.24) is 5.32 Å². The molecular formula is C16H15BrFNO3. The maximum absolute atomic E-state index is 13.7. The molecule has 0 bridgehead atoms. The van der Waals surface area contributed by atoms with Gasteiger partial charge in [-0.2, -0.15) is 0 Å². The predicted molar refractivity (Wildman–Crippen MR) is 84.8 cm³/mol. The maximum Gasteiger partial charge on any atom is 0.255 e. The Kier molecular flexibility index (Phi) is 5.38. The summed E-state index contributed by atoms with van der Waals surface area (Å²) in [6, 6.07) is 9.46. The van der Waals surface area contributed by atoms with Crippen molar-refractivity contribution in [2.75, 3.05) is 14.2 Å². The van der Waals surface area contributed by atoms with Crippen molar-refractivity contribution >= 4 is 21.8 Å². The number of rotatable bonds is 5. The first kappa shape index (κ1) is 16.3. The van der Waals surface area contributed by atoms with Crippen LogP contribution in [-0.2, 0) is 6.54 Å². The van der Waals surface area contributed by atoms with Crippen molar-refractivity contribution in [2.24, 2.45) is 0 Å². The van der Waals surface area contributed by atoms with Gasteiger partial charge in [-0.1, -0.05) is 15.9 Å². The molecule has 116 valence electrons. The molecule has 0 aromatic heterocycles. The predicted octanol–water partition coefficient (Wildman–Crippen LogP) is 3.54. The molecule has 0 aliphatic heterocycles. The minimum Gasteiger partial charge on any atom is -0.497 e. The van der Waals surface area contributed by atoms with Crippen molar-refractivity contribution in [1.29, 1.82) is 0 Å². The van der Waals surface area contributed by atoms with E-state index in [9.17, 15) is 9.18 Å². The van der Waals surface area contributed by atoms with Crippen LogP contribution in [0.5, 0.6) is 11.5 Å². The lowest BCUT2D eigenvalue weighted by Gasteiger charge is -2.11. The van der Waals surface area contributed by atoms with Gasteiger partial charge in [0.15, 0.2) is 0 Å². The molecule has 0 radical (unpaired) electrons. The molecule has 2 aromatic carbocycles. The van der Waals surface area contributed by atoms with Gasteiger partial charge in [0.1, 0.15) is 17.3 Å². The highest BCUT2D eigenvalue weighted by Gasteiger charge is 2.14. The van der Waals surface area contributed by atoms with Gasteiger partial charge >= 0.3 is 0 Å². The highest BCUT2D eigenvalue weighted by molar-refractivity contribution is 9.10. The Morgan fingerprint density at radius 1 is 1.18 bits per heavy atom. The van der Waals surface area contributed by atoms with E-state index >= 15 is 0 Å². The number of hydrogen-bond donors (Lipinski definition) is 1. The van der Waals surface area contributed by atoms with Crippen LogP contribution >= 0.6 is 15.9 Å². The Labute approximate surface area is 136 Å².